The van der Waals surface area contributed by atoms with Gasteiger partial charge in [0.05, 0.1) is 0 Å². The van der Waals surface area contributed by atoms with Gasteiger partial charge in [-0.15, -0.1) is 0 Å². The second-order valence-electron chi connectivity index (χ2n) is 7.56. The van der Waals surface area contributed by atoms with Crippen molar-refractivity contribution in [1.82, 2.24) is 15.1 Å². The van der Waals surface area contributed by atoms with Crippen LogP contribution in [0, 0.1) is 0 Å². The highest BCUT2D eigenvalue weighted by Crippen LogP contribution is 2.16. The Labute approximate surface area is 143 Å². The Morgan fingerprint density at radius 3 is 2.22 bits per heavy atom. The van der Waals surface area contributed by atoms with Crippen LogP contribution in [-0.2, 0) is 0 Å². The van der Waals surface area contributed by atoms with E-state index in [1.165, 1.54) is 77.8 Å². The molecule has 1 saturated carbocycles. The molecule has 0 radical (unpaired) electrons. The van der Waals surface area contributed by atoms with Crippen LogP contribution in [0.4, 0.5) is 0 Å². The fourth-order valence-corrected chi connectivity index (χ4v) is 3.77. The minimum Gasteiger partial charge on any atom is -0.328 e. The third-order valence-electron chi connectivity index (χ3n) is 5.67. The largest absolute Gasteiger partial charge is 0.328 e. The molecule has 0 bridgehead atoms. The van der Waals surface area contributed by atoms with Crippen molar-refractivity contribution >= 4 is 0 Å². The van der Waals surface area contributed by atoms with Gasteiger partial charge in [0, 0.05) is 57.4 Å². The quantitative estimate of drug-likeness (QED) is 0.589. The van der Waals surface area contributed by atoms with E-state index in [9.17, 15) is 0 Å². The molecule has 1 saturated heterocycles. The lowest BCUT2D eigenvalue weighted by Gasteiger charge is -2.35. The van der Waals surface area contributed by atoms with Gasteiger partial charge in [-0.1, -0.05) is 6.92 Å². The molecule has 0 amide bonds. The van der Waals surface area contributed by atoms with Gasteiger partial charge in [-0.3, -0.25) is 4.90 Å². The first-order valence-corrected chi connectivity index (χ1v) is 9.86. The number of nitrogens with one attached hydrogen (secondary N) is 1. The summed E-state index contributed by atoms with van der Waals surface area (Å²) in [5.74, 6) is 0. The molecule has 2 fully saturated rings. The number of piperazine rings is 1. The van der Waals surface area contributed by atoms with Gasteiger partial charge in [-0.25, -0.2) is 0 Å². The smallest absolute Gasteiger partial charge is 0.0110 e. The maximum absolute atomic E-state index is 5.99. The van der Waals surface area contributed by atoms with E-state index >= 15 is 0 Å². The molecule has 1 aliphatic heterocycles. The van der Waals surface area contributed by atoms with Crippen molar-refractivity contribution in [2.75, 3.05) is 45.8 Å². The third kappa shape index (κ3) is 7.48. The van der Waals surface area contributed by atoms with Crippen molar-refractivity contribution in [2.24, 2.45) is 11.5 Å². The summed E-state index contributed by atoms with van der Waals surface area (Å²) in [6, 6.07) is 1.56. The van der Waals surface area contributed by atoms with Crippen LogP contribution >= 0.6 is 0 Å². The number of nitrogens with two attached hydrogens (primary N) is 2. The van der Waals surface area contributed by atoms with E-state index in [-0.39, 0.29) is 0 Å². The normalized spacial score (nSPS) is 28.8. The first kappa shape index (κ1) is 19.1. The van der Waals surface area contributed by atoms with Gasteiger partial charge in [0.2, 0.25) is 0 Å². The van der Waals surface area contributed by atoms with E-state index < -0.39 is 0 Å². The Bertz CT molecular complexity index is 296. The van der Waals surface area contributed by atoms with E-state index in [0.29, 0.717) is 18.1 Å². The topological polar surface area (TPSA) is 70.5 Å². The minimum atomic E-state index is 0.400. The Hall–Kier alpha value is -0.200. The number of hydrogen-bond donors (Lipinski definition) is 3. The van der Waals surface area contributed by atoms with Crippen LogP contribution < -0.4 is 16.8 Å². The molecule has 1 aliphatic carbocycles. The van der Waals surface area contributed by atoms with Gasteiger partial charge in [0.25, 0.3) is 0 Å². The highest BCUT2D eigenvalue weighted by molar-refractivity contribution is 4.79. The molecule has 0 aromatic heterocycles. The van der Waals surface area contributed by atoms with Crippen molar-refractivity contribution in [3.8, 4) is 0 Å². The lowest BCUT2D eigenvalue weighted by atomic mass is 9.92. The molecule has 5 nitrogen and oxygen atoms in total. The number of nitrogens with zero attached hydrogens (tertiary/aromatic N) is 2. The molecule has 2 rings (SSSR count). The molecule has 1 unspecified atom stereocenters. The molecule has 0 aromatic carbocycles. The lowest BCUT2D eigenvalue weighted by molar-refractivity contribution is 0.129. The van der Waals surface area contributed by atoms with Crippen LogP contribution in [0.2, 0.25) is 0 Å². The number of hydrogen-bond acceptors (Lipinski definition) is 5. The fourth-order valence-electron chi connectivity index (χ4n) is 3.77. The fraction of sp³-hybridized carbons (Fsp3) is 1.00. The maximum Gasteiger partial charge on any atom is 0.0110 e. The molecule has 5 heteroatoms. The molecule has 0 aromatic rings. The van der Waals surface area contributed by atoms with Crippen LogP contribution in [0.5, 0.6) is 0 Å². The molecule has 0 spiro atoms. The molecule has 23 heavy (non-hydrogen) atoms. The average Bonchev–Trinajstić information content (AvgIpc) is 2.58. The van der Waals surface area contributed by atoms with Gasteiger partial charge in [-0.05, 0) is 51.5 Å². The predicted octanol–water partition coefficient (Wildman–Crippen LogP) is 0.981. The summed E-state index contributed by atoms with van der Waals surface area (Å²) in [4.78, 5) is 5.21. The highest BCUT2D eigenvalue weighted by atomic mass is 15.3. The summed E-state index contributed by atoms with van der Waals surface area (Å²) >= 11 is 0. The summed E-state index contributed by atoms with van der Waals surface area (Å²) in [6.45, 7) is 10.6. The van der Waals surface area contributed by atoms with Crippen molar-refractivity contribution in [2.45, 2.75) is 70.0 Å². The van der Waals surface area contributed by atoms with Crippen molar-refractivity contribution in [3.05, 3.63) is 0 Å². The highest BCUT2D eigenvalue weighted by Gasteiger charge is 2.19. The van der Waals surface area contributed by atoms with Crippen molar-refractivity contribution in [3.63, 3.8) is 0 Å². The first-order valence-electron chi connectivity index (χ1n) is 9.86. The average molecular weight is 326 g/mol. The molecule has 2 aliphatic rings. The zero-order valence-electron chi connectivity index (χ0n) is 15.2. The summed E-state index contributed by atoms with van der Waals surface area (Å²) in [6.07, 6.45) is 8.43. The molecule has 5 N–H and O–H groups in total. The monoisotopic (exact) mass is 325 g/mol. The van der Waals surface area contributed by atoms with Crippen molar-refractivity contribution in [1.29, 1.82) is 0 Å². The SMILES string of the molecule is CCC(N)CCCN1CCN(CCNC2CCC(N)CC2)CC1. The Balaban J connectivity index is 1.48. The minimum absolute atomic E-state index is 0.400. The second kappa shape index (κ2) is 10.6. The van der Waals surface area contributed by atoms with E-state index in [2.05, 4.69) is 22.0 Å². The van der Waals surface area contributed by atoms with E-state index in [1.54, 1.807) is 0 Å². The van der Waals surface area contributed by atoms with Gasteiger partial charge in [0.1, 0.15) is 0 Å². The van der Waals surface area contributed by atoms with E-state index in [0.717, 1.165) is 13.0 Å². The standard InChI is InChI=1S/C18H39N5/c1-2-16(19)4-3-10-22-12-14-23(15-13-22)11-9-21-18-7-5-17(20)6-8-18/h16-18,21H,2-15,19-20H2,1H3. The zero-order valence-corrected chi connectivity index (χ0v) is 15.2. The number of rotatable bonds is 9. The van der Waals surface area contributed by atoms with Crippen LogP contribution in [0.25, 0.3) is 0 Å². The molecule has 136 valence electrons. The molecule has 1 atom stereocenters. The van der Waals surface area contributed by atoms with Crippen LogP contribution in [0.15, 0.2) is 0 Å². The Morgan fingerprint density at radius 2 is 1.61 bits per heavy atom. The molecular weight excluding hydrogens is 286 g/mol. The third-order valence-corrected chi connectivity index (χ3v) is 5.67. The summed E-state index contributed by atoms with van der Waals surface area (Å²) in [5, 5.41) is 3.73. The Morgan fingerprint density at radius 1 is 1.00 bits per heavy atom. The van der Waals surface area contributed by atoms with Gasteiger partial charge < -0.3 is 21.7 Å². The van der Waals surface area contributed by atoms with Crippen LogP contribution in [0.1, 0.15) is 51.9 Å². The van der Waals surface area contributed by atoms with E-state index in [4.69, 9.17) is 11.5 Å². The zero-order chi connectivity index (χ0) is 16.5. The lowest BCUT2D eigenvalue weighted by Crippen LogP contribution is -2.49. The first-order chi connectivity index (χ1) is 11.2. The van der Waals surface area contributed by atoms with Gasteiger partial charge in [0.15, 0.2) is 0 Å². The van der Waals surface area contributed by atoms with Gasteiger partial charge >= 0.3 is 0 Å². The van der Waals surface area contributed by atoms with Crippen molar-refractivity contribution < 1.29 is 0 Å². The Kier molecular flexibility index (Phi) is 8.83. The van der Waals surface area contributed by atoms with Gasteiger partial charge in [-0.2, -0.15) is 0 Å². The summed E-state index contributed by atoms with van der Waals surface area (Å²) in [5.41, 5.74) is 12.0. The van der Waals surface area contributed by atoms with Crippen LogP contribution in [0.3, 0.4) is 0 Å². The molecule has 1 heterocycles. The second-order valence-corrected chi connectivity index (χ2v) is 7.56. The summed E-state index contributed by atoms with van der Waals surface area (Å²) < 4.78 is 0. The van der Waals surface area contributed by atoms with E-state index in [1.807, 2.05) is 0 Å². The van der Waals surface area contributed by atoms with Crippen LogP contribution in [-0.4, -0.2) is 73.7 Å². The summed E-state index contributed by atoms with van der Waals surface area (Å²) in [7, 11) is 0. The maximum atomic E-state index is 5.99. The molecular formula is C18H39N5. The predicted molar refractivity (Wildman–Crippen MR) is 98.6 cm³/mol.